The lowest BCUT2D eigenvalue weighted by molar-refractivity contribution is 0.577. The fraction of sp³-hybridized carbons (Fsp3) is 0.353. The van der Waals surface area contributed by atoms with Gasteiger partial charge in [0.15, 0.2) is 0 Å². The molecule has 0 bridgehead atoms. The molecule has 24 heavy (non-hydrogen) atoms. The van der Waals surface area contributed by atoms with Crippen LogP contribution in [0.4, 0.5) is 10.2 Å². The zero-order valence-corrected chi connectivity index (χ0v) is 14.2. The Kier molecular flexibility index (Phi) is 4.82. The number of halogens is 1. The fourth-order valence-corrected chi connectivity index (χ4v) is 3.28. The molecule has 1 aromatic carbocycles. The molecule has 7 heteroatoms. The molecule has 1 aliphatic carbocycles. The van der Waals surface area contributed by atoms with E-state index < -0.39 is 10.0 Å². The van der Waals surface area contributed by atoms with Crippen LogP contribution in [0.25, 0.3) is 0 Å². The second kappa shape index (κ2) is 6.86. The van der Waals surface area contributed by atoms with Crippen LogP contribution in [0.15, 0.2) is 41.4 Å². The molecule has 0 atom stereocenters. The van der Waals surface area contributed by atoms with Crippen LogP contribution in [0.1, 0.15) is 24.0 Å². The molecule has 1 fully saturated rings. The summed E-state index contributed by atoms with van der Waals surface area (Å²) < 4.78 is 40.3. The van der Waals surface area contributed by atoms with Gasteiger partial charge in [-0.25, -0.2) is 22.5 Å². The highest BCUT2D eigenvalue weighted by Crippen LogP contribution is 2.28. The second-order valence-electron chi connectivity index (χ2n) is 6.11. The van der Waals surface area contributed by atoms with Crippen molar-refractivity contribution < 1.29 is 12.8 Å². The number of anilines is 1. The third-order valence-electron chi connectivity index (χ3n) is 4.02. The maximum Gasteiger partial charge on any atom is 0.242 e. The highest BCUT2D eigenvalue weighted by atomic mass is 32.2. The average molecular weight is 349 g/mol. The molecule has 3 rings (SSSR count). The zero-order valence-electron chi connectivity index (χ0n) is 13.4. The number of sulfonamides is 1. The van der Waals surface area contributed by atoms with E-state index in [1.54, 1.807) is 19.1 Å². The number of aryl methyl sites for hydroxylation is 1. The van der Waals surface area contributed by atoms with Crippen molar-refractivity contribution in [2.75, 3.05) is 11.9 Å². The Morgan fingerprint density at radius 1 is 1.25 bits per heavy atom. The molecule has 0 spiro atoms. The largest absolute Gasteiger partial charge is 0.366 e. The number of benzene rings is 1. The van der Waals surface area contributed by atoms with E-state index in [-0.39, 0.29) is 10.7 Å². The molecule has 0 saturated heterocycles. The van der Waals surface area contributed by atoms with Crippen LogP contribution in [0.3, 0.4) is 0 Å². The Labute approximate surface area is 141 Å². The number of nitrogens with one attached hydrogen (secondary N) is 2. The van der Waals surface area contributed by atoms with Gasteiger partial charge in [-0.2, -0.15) is 0 Å². The first-order chi connectivity index (χ1) is 11.4. The zero-order chi connectivity index (χ0) is 17.2. The summed E-state index contributed by atoms with van der Waals surface area (Å²) in [6.45, 7) is 2.61. The van der Waals surface area contributed by atoms with Gasteiger partial charge < -0.3 is 5.32 Å². The Morgan fingerprint density at radius 3 is 2.67 bits per heavy atom. The van der Waals surface area contributed by atoms with Crippen LogP contribution in [0.2, 0.25) is 0 Å². The second-order valence-corrected chi connectivity index (χ2v) is 7.88. The maximum atomic E-state index is 13.5. The Morgan fingerprint density at radius 2 is 2.04 bits per heavy atom. The van der Waals surface area contributed by atoms with Gasteiger partial charge in [0.25, 0.3) is 0 Å². The molecule has 0 unspecified atom stereocenters. The lowest BCUT2D eigenvalue weighted by Crippen LogP contribution is -2.25. The molecular formula is C17H20FN3O2S. The number of hydrogen-bond acceptors (Lipinski definition) is 4. The summed E-state index contributed by atoms with van der Waals surface area (Å²) in [5.41, 5.74) is 1.40. The van der Waals surface area contributed by atoms with E-state index in [9.17, 15) is 12.8 Å². The summed E-state index contributed by atoms with van der Waals surface area (Å²) in [5.74, 6) is 0.770. The van der Waals surface area contributed by atoms with Gasteiger partial charge in [0.2, 0.25) is 10.0 Å². The van der Waals surface area contributed by atoms with E-state index >= 15 is 0 Å². The van der Waals surface area contributed by atoms with Crippen LogP contribution in [-0.2, 0) is 16.6 Å². The van der Waals surface area contributed by atoms with Gasteiger partial charge in [-0.1, -0.05) is 12.1 Å². The van der Waals surface area contributed by atoms with E-state index in [0.717, 1.165) is 18.4 Å². The van der Waals surface area contributed by atoms with E-state index in [4.69, 9.17) is 0 Å². The molecular weight excluding hydrogens is 329 g/mol. The van der Waals surface area contributed by atoms with Crippen molar-refractivity contribution in [1.82, 2.24) is 9.71 Å². The van der Waals surface area contributed by atoms with Crippen molar-refractivity contribution in [3.05, 3.63) is 53.5 Å². The van der Waals surface area contributed by atoms with Gasteiger partial charge >= 0.3 is 0 Å². The lowest BCUT2D eigenvalue weighted by atomic mass is 10.1. The SMILES string of the molecule is Cc1ccc(CNc2ccc(S(=O)(=O)NCC3CC3)cn2)cc1F. The van der Waals surface area contributed by atoms with Crippen LogP contribution in [0.5, 0.6) is 0 Å². The smallest absolute Gasteiger partial charge is 0.242 e. The molecule has 2 aromatic rings. The number of pyridine rings is 1. The van der Waals surface area contributed by atoms with E-state index in [0.29, 0.717) is 30.4 Å². The first kappa shape index (κ1) is 16.9. The summed E-state index contributed by atoms with van der Waals surface area (Å²) in [7, 11) is -3.50. The Hall–Kier alpha value is -1.99. The van der Waals surface area contributed by atoms with Crippen molar-refractivity contribution in [1.29, 1.82) is 0 Å². The van der Waals surface area contributed by atoms with Crippen LogP contribution < -0.4 is 10.0 Å². The highest BCUT2D eigenvalue weighted by Gasteiger charge is 2.24. The van der Waals surface area contributed by atoms with Gasteiger partial charge in [0, 0.05) is 19.3 Å². The molecule has 1 aromatic heterocycles. The minimum absolute atomic E-state index is 0.148. The fourth-order valence-electron chi connectivity index (χ4n) is 2.22. The van der Waals surface area contributed by atoms with Crippen molar-refractivity contribution in [2.24, 2.45) is 5.92 Å². The standard InChI is InChI=1S/C17H20FN3O2S/c1-12-2-3-14(8-16(12)18)9-19-17-7-6-15(11-20-17)24(22,23)21-10-13-4-5-13/h2-3,6-8,11,13,21H,4-5,9-10H2,1H3,(H,19,20). The summed E-state index contributed by atoms with van der Waals surface area (Å²) >= 11 is 0. The topological polar surface area (TPSA) is 71.1 Å². The minimum Gasteiger partial charge on any atom is -0.366 e. The minimum atomic E-state index is -3.50. The molecule has 0 radical (unpaired) electrons. The van der Waals surface area contributed by atoms with Gasteiger partial charge in [-0.15, -0.1) is 0 Å². The number of aromatic nitrogens is 1. The summed E-state index contributed by atoms with van der Waals surface area (Å²) in [6.07, 6.45) is 3.50. The van der Waals surface area contributed by atoms with Crippen molar-refractivity contribution >= 4 is 15.8 Å². The van der Waals surface area contributed by atoms with Crippen molar-refractivity contribution in [3.63, 3.8) is 0 Å². The molecule has 0 aliphatic heterocycles. The van der Waals surface area contributed by atoms with Gasteiger partial charge in [-0.3, -0.25) is 0 Å². The van der Waals surface area contributed by atoms with Gasteiger partial charge in [0.1, 0.15) is 16.5 Å². The first-order valence-electron chi connectivity index (χ1n) is 7.89. The van der Waals surface area contributed by atoms with E-state index in [1.165, 1.54) is 18.3 Å². The van der Waals surface area contributed by atoms with Gasteiger partial charge in [-0.05, 0) is 55.0 Å². The summed E-state index contributed by atoms with van der Waals surface area (Å²) in [6, 6.07) is 8.16. The highest BCUT2D eigenvalue weighted by molar-refractivity contribution is 7.89. The molecule has 128 valence electrons. The van der Waals surface area contributed by atoms with Crippen LogP contribution in [0, 0.1) is 18.7 Å². The van der Waals surface area contributed by atoms with E-state index in [1.807, 2.05) is 6.07 Å². The number of hydrogen-bond donors (Lipinski definition) is 2. The predicted octanol–water partition coefficient (Wildman–Crippen LogP) is 2.83. The third-order valence-corrected chi connectivity index (χ3v) is 5.42. The Bertz CT molecular complexity index is 818. The monoisotopic (exact) mass is 349 g/mol. The molecule has 0 amide bonds. The van der Waals surface area contributed by atoms with Crippen molar-refractivity contribution in [2.45, 2.75) is 31.2 Å². The molecule has 1 aliphatic rings. The van der Waals surface area contributed by atoms with E-state index in [2.05, 4.69) is 15.0 Å². The Balaban J connectivity index is 1.60. The lowest BCUT2D eigenvalue weighted by Gasteiger charge is -2.09. The van der Waals surface area contributed by atoms with Crippen molar-refractivity contribution in [3.8, 4) is 0 Å². The molecule has 1 heterocycles. The van der Waals surface area contributed by atoms with Gasteiger partial charge in [0.05, 0.1) is 0 Å². The quantitative estimate of drug-likeness (QED) is 0.806. The third kappa shape index (κ3) is 4.30. The van der Waals surface area contributed by atoms with Crippen LogP contribution in [-0.4, -0.2) is 19.9 Å². The summed E-state index contributed by atoms with van der Waals surface area (Å²) in [4.78, 5) is 4.27. The number of rotatable bonds is 7. The molecule has 2 N–H and O–H groups in total. The molecule has 5 nitrogen and oxygen atoms in total. The maximum absolute atomic E-state index is 13.5. The summed E-state index contributed by atoms with van der Waals surface area (Å²) in [5, 5.41) is 3.05. The normalized spacial score (nSPS) is 14.6. The predicted molar refractivity (Wildman–Crippen MR) is 90.6 cm³/mol. The average Bonchev–Trinajstić information content (AvgIpc) is 3.39. The van der Waals surface area contributed by atoms with Crippen LogP contribution >= 0.6 is 0 Å². The first-order valence-corrected chi connectivity index (χ1v) is 9.37. The molecule has 1 saturated carbocycles. The number of nitrogens with zero attached hydrogens (tertiary/aromatic N) is 1.